The van der Waals surface area contributed by atoms with Crippen molar-refractivity contribution in [3.05, 3.63) is 71.0 Å². The Kier molecular flexibility index (Phi) is 6.89. The Morgan fingerprint density at radius 1 is 0.786 bits per heavy atom. The van der Waals surface area contributed by atoms with Gasteiger partial charge < -0.3 is 14.3 Å². The number of aromatic nitrogens is 2. The van der Waals surface area contributed by atoms with E-state index in [9.17, 15) is 35.9 Å². The van der Waals surface area contributed by atoms with E-state index in [1.165, 1.54) is 24.5 Å². The highest BCUT2D eigenvalue weighted by Crippen LogP contribution is 2.41. The van der Waals surface area contributed by atoms with Gasteiger partial charge >= 0.3 is 12.4 Å². The monoisotopic (exact) mass is 590 g/mol. The largest absolute Gasteiger partial charge is 0.416 e. The van der Waals surface area contributed by atoms with Crippen LogP contribution in [0.25, 0.3) is 33.0 Å². The number of aromatic amines is 1. The molecule has 1 saturated heterocycles. The lowest BCUT2D eigenvalue weighted by atomic mass is 9.94. The van der Waals surface area contributed by atoms with Crippen LogP contribution in [0.4, 0.5) is 26.3 Å². The number of hydrogen-bond acceptors (Lipinski definition) is 4. The fourth-order valence-electron chi connectivity index (χ4n) is 5.62. The van der Waals surface area contributed by atoms with Gasteiger partial charge in [-0.05, 0) is 42.8 Å². The molecule has 0 radical (unpaired) electrons. The predicted octanol–water partition coefficient (Wildman–Crippen LogP) is 5.45. The number of hydrogen-bond donors (Lipinski definition) is 2. The lowest BCUT2D eigenvalue weighted by Crippen LogP contribution is -2.37. The third-order valence-electron chi connectivity index (χ3n) is 7.66. The van der Waals surface area contributed by atoms with E-state index in [-0.39, 0.29) is 33.0 Å². The number of aryl methyl sites for hydroxylation is 1. The molecule has 0 atom stereocenters. The van der Waals surface area contributed by atoms with E-state index in [1.54, 1.807) is 4.57 Å². The standard InChI is InChI=1S/C29H24F6N4O3/c30-28(31,32)16-2-4-22-18(12-16)20(14-36-22)24-25(27(41)37-26(24)40)21-15-39(7-1-6-38-8-10-42-11-9-38)23-5-3-17(13-19(21)23)29(33,34)35/h2-5,12-15,36H,1,6-11H2,(H,37,40,41). The number of carbonyl (C=O) groups is 2. The molecule has 0 unspecified atom stereocenters. The molecule has 13 heteroatoms. The van der Waals surface area contributed by atoms with E-state index in [1.807, 2.05) is 0 Å². The summed E-state index contributed by atoms with van der Waals surface area (Å²) in [6.07, 6.45) is -5.81. The van der Waals surface area contributed by atoms with Crippen LogP contribution < -0.4 is 5.32 Å². The maximum atomic E-state index is 13.7. The minimum Gasteiger partial charge on any atom is -0.379 e. The molecule has 4 heterocycles. The first-order chi connectivity index (χ1) is 19.9. The van der Waals surface area contributed by atoms with Crippen molar-refractivity contribution >= 4 is 44.8 Å². The summed E-state index contributed by atoms with van der Waals surface area (Å²) in [4.78, 5) is 31.3. The number of halogens is 6. The number of benzene rings is 2. The molecule has 2 aliphatic rings. The topological polar surface area (TPSA) is 79.4 Å². The number of alkyl halides is 6. The van der Waals surface area contributed by atoms with Crippen LogP contribution in [0.15, 0.2) is 48.8 Å². The molecule has 42 heavy (non-hydrogen) atoms. The summed E-state index contributed by atoms with van der Waals surface area (Å²) in [5, 5.41) is 2.33. The van der Waals surface area contributed by atoms with Crippen molar-refractivity contribution in [2.45, 2.75) is 25.3 Å². The molecule has 4 aromatic rings. The molecule has 0 spiro atoms. The molecule has 6 rings (SSSR count). The van der Waals surface area contributed by atoms with Crippen molar-refractivity contribution in [1.29, 1.82) is 0 Å². The van der Waals surface area contributed by atoms with Crippen LogP contribution in [0.5, 0.6) is 0 Å². The molecule has 7 nitrogen and oxygen atoms in total. The molecular formula is C29H24F6N4O3. The van der Waals surface area contributed by atoms with E-state index in [0.717, 1.165) is 43.9 Å². The lowest BCUT2D eigenvalue weighted by molar-refractivity contribution is -0.138. The Labute approximate surface area is 234 Å². The molecule has 0 bridgehead atoms. The highest BCUT2D eigenvalue weighted by Gasteiger charge is 2.37. The second-order valence-corrected chi connectivity index (χ2v) is 10.3. The molecular weight excluding hydrogens is 566 g/mol. The molecule has 2 aromatic heterocycles. The number of nitrogens with zero attached hydrogens (tertiary/aromatic N) is 2. The number of amides is 2. The third-order valence-corrected chi connectivity index (χ3v) is 7.66. The van der Waals surface area contributed by atoms with E-state index in [2.05, 4.69) is 15.2 Å². The Hall–Kier alpha value is -4.10. The van der Waals surface area contributed by atoms with E-state index >= 15 is 0 Å². The first-order valence-electron chi connectivity index (χ1n) is 13.2. The van der Waals surface area contributed by atoms with Gasteiger partial charge in [-0.1, -0.05) is 0 Å². The maximum absolute atomic E-state index is 13.7. The van der Waals surface area contributed by atoms with Gasteiger partial charge in [-0.2, -0.15) is 26.3 Å². The Balaban J connectivity index is 1.50. The van der Waals surface area contributed by atoms with Crippen molar-refractivity contribution < 1.29 is 40.7 Å². The highest BCUT2D eigenvalue weighted by atomic mass is 19.4. The predicted molar refractivity (Wildman–Crippen MR) is 142 cm³/mol. The molecule has 1 fully saturated rings. The minimum atomic E-state index is -4.67. The molecule has 220 valence electrons. The smallest absolute Gasteiger partial charge is 0.379 e. The van der Waals surface area contributed by atoms with Gasteiger partial charge in [-0.3, -0.25) is 19.8 Å². The average Bonchev–Trinajstić information content (AvgIpc) is 3.60. The Bertz CT molecular complexity index is 1740. The van der Waals surface area contributed by atoms with Gasteiger partial charge in [0.2, 0.25) is 0 Å². The van der Waals surface area contributed by atoms with Crippen LogP contribution in [-0.4, -0.2) is 59.1 Å². The van der Waals surface area contributed by atoms with Crippen LogP contribution in [0, 0.1) is 0 Å². The number of fused-ring (bicyclic) bond motifs is 2. The molecule has 2 amide bonds. The molecule has 0 aliphatic carbocycles. The van der Waals surface area contributed by atoms with E-state index in [0.29, 0.717) is 37.2 Å². The van der Waals surface area contributed by atoms with Gasteiger partial charge in [-0.25, -0.2) is 0 Å². The Morgan fingerprint density at radius 3 is 2.07 bits per heavy atom. The first-order valence-corrected chi connectivity index (χ1v) is 13.2. The number of rotatable bonds is 6. The zero-order valence-corrected chi connectivity index (χ0v) is 22.0. The summed E-state index contributed by atoms with van der Waals surface area (Å²) in [5.41, 5.74) is -1.45. The third kappa shape index (κ3) is 5.07. The quantitative estimate of drug-likeness (QED) is 0.231. The minimum absolute atomic E-state index is 0.0367. The van der Waals surface area contributed by atoms with Gasteiger partial charge in [0, 0.05) is 71.5 Å². The summed E-state index contributed by atoms with van der Waals surface area (Å²) in [6.45, 7) is 3.92. The highest BCUT2D eigenvalue weighted by molar-refractivity contribution is 6.50. The first kappa shape index (κ1) is 28.0. The maximum Gasteiger partial charge on any atom is 0.416 e. The van der Waals surface area contributed by atoms with Gasteiger partial charge in [0.05, 0.1) is 35.5 Å². The second kappa shape index (κ2) is 10.3. The van der Waals surface area contributed by atoms with Crippen LogP contribution >= 0.6 is 0 Å². The van der Waals surface area contributed by atoms with Crippen molar-refractivity contribution in [3.8, 4) is 0 Å². The van der Waals surface area contributed by atoms with Crippen LogP contribution in [-0.2, 0) is 33.2 Å². The van der Waals surface area contributed by atoms with Gasteiger partial charge in [0.15, 0.2) is 0 Å². The van der Waals surface area contributed by atoms with E-state index in [4.69, 9.17) is 4.74 Å². The number of ether oxygens (including phenoxy) is 1. The van der Waals surface area contributed by atoms with Crippen LogP contribution in [0.3, 0.4) is 0 Å². The average molecular weight is 591 g/mol. The summed E-state index contributed by atoms with van der Waals surface area (Å²) < 4.78 is 88.7. The van der Waals surface area contributed by atoms with Gasteiger partial charge in [0.1, 0.15) is 0 Å². The van der Waals surface area contributed by atoms with Crippen LogP contribution in [0.1, 0.15) is 28.7 Å². The number of morpholine rings is 1. The van der Waals surface area contributed by atoms with Gasteiger partial charge in [-0.15, -0.1) is 0 Å². The summed E-state index contributed by atoms with van der Waals surface area (Å²) >= 11 is 0. The summed E-state index contributed by atoms with van der Waals surface area (Å²) in [5.74, 6) is -1.70. The molecule has 0 saturated carbocycles. The van der Waals surface area contributed by atoms with Crippen molar-refractivity contribution in [1.82, 2.24) is 19.8 Å². The van der Waals surface area contributed by atoms with Crippen molar-refractivity contribution in [3.63, 3.8) is 0 Å². The zero-order chi connectivity index (χ0) is 29.8. The fourth-order valence-corrected chi connectivity index (χ4v) is 5.62. The van der Waals surface area contributed by atoms with Crippen LogP contribution in [0.2, 0.25) is 0 Å². The van der Waals surface area contributed by atoms with Gasteiger partial charge in [0.25, 0.3) is 11.8 Å². The van der Waals surface area contributed by atoms with Crippen molar-refractivity contribution in [2.75, 3.05) is 32.8 Å². The molecule has 2 N–H and O–H groups in total. The zero-order valence-electron chi connectivity index (χ0n) is 22.0. The number of H-pyrrole nitrogens is 1. The molecule has 2 aromatic carbocycles. The van der Waals surface area contributed by atoms with Crippen molar-refractivity contribution in [2.24, 2.45) is 0 Å². The number of carbonyl (C=O) groups excluding carboxylic acids is 2. The summed E-state index contributed by atoms with van der Waals surface area (Å²) in [6, 6.07) is 6.19. The SMILES string of the molecule is O=C1NC(=O)C(c2cn(CCCN3CCOCC3)c3ccc(C(F)(F)F)cc23)=C1c1c[nH]c2ccc(C(F)(F)F)cc12. The van der Waals surface area contributed by atoms with E-state index < -0.39 is 35.3 Å². The summed E-state index contributed by atoms with van der Waals surface area (Å²) in [7, 11) is 0. The fraction of sp³-hybridized carbons (Fsp3) is 0.310. The number of imide groups is 1. The lowest BCUT2D eigenvalue weighted by Gasteiger charge is -2.26. The normalized spacial score (nSPS) is 17.2. The number of nitrogens with one attached hydrogen (secondary N) is 2. The molecule has 2 aliphatic heterocycles. The Morgan fingerprint density at radius 2 is 1.40 bits per heavy atom. The second-order valence-electron chi connectivity index (χ2n) is 10.3.